The fraction of sp³-hybridized carbons (Fsp3) is 0.579. The fourth-order valence-electron chi connectivity index (χ4n) is 3.89. The van der Waals surface area contributed by atoms with Crippen LogP contribution in [0, 0.1) is 6.92 Å². The van der Waals surface area contributed by atoms with Crippen molar-refractivity contribution in [2.45, 2.75) is 38.1 Å². The molecule has 2 aliphatic heterocycles. The summed E-state index contributed by atoms with van der Waals surface area (Å²) in [6.07, 6.45) is 3.69. The van der Waals surface area contributed by atoms with E-state index in [-0.39, 0.29) is 0 Å². The number of rotatable bonds is 3. The number of nitrogens with zero attached hydrogens (tertiary/aromatic N) is 4. The van der Waals surface area contributed by atoms with Gasteiger partial charge in [0.2, 0.25) is 11.8 Å². The minimum absolute atomic E-state index is 0.386. The number of aromatic nitrogens is 2. The van der Waals surface area contributed by atoms with E-state index in [0.717, 1.165) is 37.0 Å². The van der Waals surface area contributed by atoms with E-state index in [1.165, 1.54) is 31.5 Å². The van der Waals surface area contributed by atoms with Gasteiger partial charge in [0, 0.05) is 18.2 Å². The average Bonchev–Trinajstić information content (AvgIpc) is 3.25. The van der Waals surface area contributed by atoms with Gasteiger partial charge < -0.3 is 9.32 Å². The summed E-state index contributed by atoms with van der Waals surface area (Å²) in [5.74, 6) is 1.83. The Kier molecular flexibility index (Phi) is 4.37. The second-order valence-corrected chi connectivity index (χ2v) is 7.33. The maximum atomic E-state index is 5.99. The minimum Gasteiger partial charge on any atom is -0.420 e. The molecule has 3 heterocycles. The van der Waals surface area contributed by atoms with Gasteiger partial charge in [0.15, 0.2) is 0 Å². The van der Waals surface area contributed by atoms with E-state index in [1.807, 2.05) is 12.1 Å². The molecule has 0 bridgehead atoms. The lowest BCUT2D eigenvalue weighted by Crippen LogP contribution is -2.42. The summed E-state index contributed by atoms with van der Waals surface area (Å²) in [5, 5.41) is 8.60. The highest BCUT2D eigenvalue weighted by Gasteiger charge is 2.33. The third kappa shape index (κ3) is 3.23. The van der Waals surface area contributed by atoms with Crippen molar-refractivity contribution in [3.05, 3.63) is 35.7 Å². The molecule has 0 N–H and O–H groups in total. The van der Waals surface area contributed by atoms with Crippen molar-refractivity contribution in [3.63, 3.8) is 0 Å². The van der Waals surface area contributed by atoms with Crippen LogP contribution in [0.2, 0.25) is 0 Å². The zero-order valence-corrected chi connectivity index (χ0v) is 14.6. The summed E-state index contributed by atoms with van der Waals surface area (Å²) in [4.78, 5) is 5.06. The highest BCUT2D eigenvalue weighted by molar-refractivity contribution is 5.52. The van der Waals surface area contributed by atoms with Crippen LogP contribution in [0.3, 0.4) is 0 Å². The van der Waals surface area contributed by atoms with E-state index in [2.05, 4.69) is 46.1 Å². The largest absolute Gasteiger partial charge is 0.420 e. The number of benzene rings is 1. The van der Waals surface area contributed by atoms with Gasteiger partial charge in [0.1, 0.15) is 0 Å². The molecule has 2 aliphatic rings. The van der Waals surface area contributed by atoms with Crippen molar-refractivity contribution in [2.24, 2.45) is 0 Å². The fourth-order valence-corrected chi connectivity index (χ4v) is 3.89. The topological polar surface area (TPSA) is 45.4 Å². The van der Waals surface area contributed by atoms with Crippen LogP contribution < -0.4 is 0 Å². The van der Waals surface area contributed by atoms with Crippen molar-refractivity contribution in [3.8, 4) is 11.5 Å². The standard InChI is InChI=1S/C19H26N4O/c1-14-3-5-15(6-4-14)18-20-21-19(24-18)16-7-12-23(13-16)17-8-10-22(2)11-9-17/h3-6,16-17H,7-13H2,1-2H3/t16-/m0/s1. The van der Waals surface area contributed by atoms with Crippen LogP contribution in [0.5, 0.6) is 0 Å². The molecule has 2 aromatic rings. The third-order valence-electron chi connectivity index (χ3n) is 5.51. The Bertz CT molecular complexity index is 673. The van der Waals surface area contributed by atoms with Crippen LogP contribution >= 0.6 is 0 Å². The SMILES string of the molecule is Cc1ccc(-c2nnc([C@H]3CCN(C4CCN(C)CC4)C3)o2)cc1. The van der Waals surface area contributed by atoms with Gasteiger partial charge in [-0.25, -0.2) is 0 Å². The number of hydrogen-bond acceptors (Lipinski definition) is 5. The first-order chi connectivity index (χ1) is 11.7. The highest BCUT2D eigenvalue weighted by Crippen LogP contribution is 2.31. The predicted octanol–water partition coefficient (Wildman–Crippen LogP) is 2.93. The van der Waals surface area contributed by atoms with Crippen LogP contribution in [-0.2, 0) is 0 Å². The molecule has 0 amide bonds. The second kappa shape index (κ2) is 6.65. The molecule has 128 valence electrons. The first-order valence-electron chi connectivity index (χ1n) is 9.02. The average molecular weight is 326 g/mol. The van der Waals surface area contributed by atoms with Crippen LogP contribution in [0.4, 0.5) is 0 Å². The first-order valence-corrected chi connectivity index (χ1v) is 9.02. The van der Waals surface area contributed by atoms with Crippen molar-refractivity contribution in [1.82, 2.24) is 20.0 Å². The van der Waals surface area contributed by atoms with Crippen LogP contribution in [0.1, 0.15) is 36.6 Å². The quantitative estimate of drug-likeness (QED) is 0.868. The Balaban J connectivity index is 1.41. The van der Waals surface area contributed by atoms with E-state index < -0.39 is 0 Å². The molecule has 24 heavy (non-hydrogen) atoms. The van der Waals surface area contributed by atoms with Gasteiger partial charge in [-0.2, -0.15) is 0 Å². The van der Waals surface area contributed by atoms with E-state index >= 15 is 0 Å². The van der Waals surface area contributed by atoms with Gasteiger partial charge in [0.25, 0.3) is 0 Å². The predicted molar refractivity (Wildman–Crippen MR) is 93.9 cm³/mol. The Morgan fingerprint density at radius 3 is 2.50 bits per heavy atom. The normalized spacial score (nSPS) is 23.8. The molecule has 1 aromatic heterocycles. The number of piperidine rings is 1. The summed E-state index contributed by atoms with van der Waals surface area (Å²) in [6, 6.07) is 8.98. The van der Waals surface area contributed by atoms with Crippen LogP contribution in [0.15, 0.2) is 28.7 Å². The number of aryl methyl sites for hydroxylation is 1. The van der Waals surface area contributed by atoms with E-state index in [0.29, 0.717) is 11.8 Å². The Morgan fingerprint density at radius 1 is 1.00 bits per heavy atom. The van der Waals surface area contributed by atoms with E-state index in [9.17, 15) is 0 Å². The zero-order chi connectivity index (χ0) is 16.5. The van der Waals surface area contributed by atoms with Gasteiger partial charge in [-0.1, -0.05) is 17.7 Å². The van der Waals surface area contributed by atoms with Gasteiger partial charge >= 0.3 is 0 Å². The lowest BCUT2D eigenvalue weighted by molar-refractivity contribution is 0.141. The van der Waals surface area contributed by atoms with Gasteiger partial charge in [-0.15, -0.1) is 10.2 Å². The summed E-state index contributed by atoms with van der Waals surface area (Å²) >= 11 is 0. The Labute approximate surface area is 143 Å². The lowest BCUT2D eigenvalue weighted by atomic mass is 10.0. The van der Waals surface area contributed by atoms with Crippen molar-refractivity contribution < 1.29 is 4.42 Å². The molecular weight excluding hydrogens is 300 g/mol. The van der Waals surface area contributed by atoms with Crippen LogP contribution in [-0.4, -0.2) is 59.3 Å². The molecule has 0 saturated carbocycles. The summed E-state index contributed by atoms with van der Waals surface area (Å²) in [5.41, 5.74) is 2.24. The smallest absolute Gasteiger partial charge is 0.247 e. The van der Waals surface area contributed by atoms with Gasteiger partial charge in [-0.3, -0.25) is 4.90 Å². The maximum absolute atomic E-state index is 5.99. The molecular formula is C19H26N4O. The molecule has 5 heteroatoms. The Hall–Kier alpha value is -1.72. The molecule has 1 atom stereocenters. The summed E-state index contributed by atoms with van der Waals surface area (Å²) in [6.45, 7) is 6.72. The maximum Gasteiger partial charge on any atom is 0.247 e. The van der Waals surface area contributed by atoms with Crippen molar-refractivity contribution in [2.75, 3.05) is 33.2 Å². The second-order valence-electron chi connectivity index (χ2n) is 7.33. The van der Waals surface area contributed by atoms with Gasteiger partial charge in [0.05, 0.1) is 5.92 Å². The molecule has 5 nitrogen and oxygen atoms in total. The monoisotopic (exact) mass is 326 g/mol. The minimum atomic E-state index is 0.386. The summed E-state index contributed by atoms with van der Waals surface area (Å²) in [7, 11) is 2.22. The van der Waals surface area contributed by atoms with E-state index in [1.54, 1.807) is 0 Å². The van der Waals surface area contributed by atoms with Crippen molar-refractivity contribution >= 4 is 0 Å². The molecule has 0 radical (unpaired) electrons. The molecule has 1 aromatic carbocycles. The highest BCUT2D eigenvalue weighted by atomic mass is 16.4. The lowest BCUT2D eigenvalue weighted by Gasteiger charge is -2.35. The molecule has 0 spiro atoms. The van der Waals surface area contributed by atoms with Crippen LogP contribution in [0.25, 0.3) is 11.5 Å². The molecule has 0 aliphatic carbocycles. The molecule has 4 rings (SSSR count). The van der Waals surface area contributed by atoms with Crippen molar-refractivity contribution in [1.29, 1.82) is 0 Å². The zero-order valence-electron chi connectivity index (χ0n) is 14.6. The number of hydrogen-bond donors (Lipinski definition) is 0. The third-order valence-corrected chi connectivity index (χ3v) is 5.51. The molecule has 0 unspecified atom stereocenters. The molecule has 2 fully saturated rings. The summed E-state index contributed by atoms with van der Waals surface area (Å²) < 4.78 is 5.99. The Morgan fingerprint density at radius 2 is 1.75 bits per heavy atom. The van der Waals surface area contributed by atoms with E-state index in [4.69, 9.17) is 4.42 Å². The number of likely N-dealkylation sites (tertiary alicyclic amines) is 2. The first kappa shape index (κ1) is 15.8. The molecule has 2 saturated heterocycles. The van der Waals surface area contributed by atoms with Gasteiger partial charge in [-0.05, 0) is 65.0 Å².